The van der Waals surface area contributed by atoms with E-state index in [1.165, 1.54) is 18.9 Å². The van der Waals surface area contributed by atoms with Crippen LogP contribution in [0.2, 0.25) is 0 Å². The first-order valence-electron chi connectivity index (χ1n) is 2.96. The molecule has 0 spiro atoms. The van der Waals surface area contributed by atoms with Gasteiger partial charge in [-0.2, -0.15) is 6.42 Å². The fraction of sp³-hybridized carbons (Fsp3) is 0.429. The number of oxazole rings is 1. The first-order valence-corrected chi connectivity index (χ1v) is 2.96. The van der Waals surface area contributed by atoms with Gasteiger partial charge in [0.15, 0.2) is 0 Å². The van der Waals surface area contributed by atoms with Crippen molar-refractivity contribution in [1.82, 2.24) is 4.98 Å². The number of nitrogens with zero attached hydrogens (tertiary/aromatic N) is 1. The first kappa shape index (κ1) is 23.0. The molecule has 0 unspecified atom stereocenters. The number of aromatic nitrogens is 1. The van der Waals surface area contributed by atoms with Crippen LogP contribution in [0.4, 0.5) is 0 Å². The van der Waals surface area contributed by atoms with Crippen LogP contribution in [0.15, 0.2) is 16.9 Å². The van der Waals surface area contributed by atoms with Gasteiger partial charge in [0, 0.05) is 0 Å². The van der Waals surface area contributed by atoms with Crippen LogP contribution < -0.4 is 31.3 Å². The average Bonchev–Trinajstić information content (AvgIpc) is 2.43. The van der Waals surface area contributed by atoms with Gasteiger partial charge in [0.1, 0.15) is 6.39 Å². The molecule has 0 saturated heterocycles. The maximum Gasteiger partial charge on any atom is 2.00 e. The second kappa shape index (κ2) is 22.6. The summed E-state index contributed by atoms with van der Waals surface area (Å²) < 4.78 is 4.35. The quantitative estimate of drug-likeness (QED) is 0.366. The van der Waals surface area contributed by atoms with Gasteiger partial charge in [0.05, 0.1) is 0 Å². The zero-order valence-corrected chi connectivity index (χ0v) is 11.4. The molecule has 0 aliphatic rings. The van der Waals surface area contributed by atoms with Crippen LogP contribution in [-0.2, 0) is 19.5 Å². The molecule has 0 aromatic carbocycles. The monoisotopic (exact) mass is 231 g/mol. The third-order valence-electron chi connectivity index (χ3n) is 0.662. The summed E-state index contributed by atoms with van der Waals surface area (Å²) in [6, 6.07) is 0. The molecule has 0 radical (unpaired) electrons. The van der Waals surface area contributed by atoms with Gasteiger partial charge in [-0.25, -0.2) is 0 Å². The van der Waals surface area contributed by atoms with Crippen LogP contribution in [0.25, 0.3) is 0 Å². The summed E-state index contributed by atoms with van der Waals surface area (Å²) in [4.78, 5) is 3.43. The number of halogens is 1. The van der Waals surface area contributed by atoms with Gasteiger partial charge in [-0.15, -0.1) is 0 Å². The van der Waals surface area contributed by atoms with E-state index in [4.69, 9.17) is 0 Å². The average molecular weight is 233 g/mol. The standard InChI is InChI=1S/C4H9.C3H2NO.ClH.Li.Zn/c1-3-4-2;1-2-5-3-4-1;;;/h1,3-4H2,2H3;1-2H;1H;;/q2*-1;;+1;+2/p-1. The van der Waals surface area contributed by atoms with Crippen LogP contribution in [0, 0.1) is 13.3 Å². The van der Waals surface area contributed by atoms with E-state index in [9.17, 15) is 0 Å². The largest absolute Gasteiger partial charge is 2.00 e. The minimum absolute atomic E-state index is 0. The maximum absolute atomic E-state index is 4.35. The Morgan fingerprint density at radius 1 is 1.58 bits per heavy atom. The molecule has 1 heterocycles. The smallest absolute Gasteiger partial charge is 1.00 e. The molecule has 60 valence electrons. The molecule has 12 heavy (non-hydrogen) atoms. The zero-order valence-electron chi connectivity index (χ0n) is 7.72. The zero-order chi connectivity index (χ0) is 6.95. The molecular weight excluding hydrogens is 222 g/mol. The Morgan fingerprint density at radius 2 is 2.08 bits per heavy atom. The van der Waals surface area contributed by atoms with Gasteiger partial charge < -0.3 is 28.7 Å². The van der Waals surface area contributed by atoms with E-state index in [1.807, 2.05) is 0 Å². The van der Waals surface area contributed by atoms with Gasteiger partial charge >= 0.3 is 38.3 Å². The van der Waals surface area contributed by atoms with Crippen LogP contribution >= 0.6 is 0 Å². The SMILES string of the molecule is [CH2-]CCC.[Cl-].[Li+].[Zn+2].[c-]1ncco1. The van der Waals surface area contributed by atoms with Crippen LogP contribution in [0.3, 0.4) is 0 Å². The number of hydrogen-bond acceptors (Lipinski definition) is 2. The van der Waals surface area contributed by atoms with Gasteiger partial charge in [-0.05, 0) is 6.26 Å². The van der Waals surface area contributed by atoms with Gasteiger partial charge in [0.25, 0.3) is 0 Å². The molecule has 1 aromatic heterocycles. The number of hydrogen-bond donors (Lipinski definition) is 0. The van der Waals surface area contributed by atoms with Crippen molar-refractivity contribution in [2.75, 3.05) is 0 Å². The van der Waals surface area contributed by atoms with E-state index >= 15 is 0 Å². The summed E-state index contributed by atoms with van der Waals surface area (Å²) in [6.07, 6.45) is 7.50. The Labute approximate surface area is 105 Å². The molecule has 0 saturated carbocycles. The molecule has 0 atom stereocenters. The molecule has 0 bridgehead atoms. The summed E-state index contributed by atoms with van der Waals surface area (Å²) in [5.74, 6) is 0. The molecule has 0 amide bonds. The minimum Gasteiger partial charge on any atom is -1.00 e. The molecular formula is C7H11ClLiNOZn. The first-order chi connectivity index (χ1) is 4.41. The normalized spacial score (nSPS) is 5.83. The van der Waals surface area contributed by atoms with E-state index in [-0.39, 0.29) is 50.7 Å². The Morgan fingerprint density at radius 3 is 2.17 bits per heavy atom. The molecule has 0 N–H and O–H groups in total. The fourth-order valence-corrected chi connectivity index (χ4v) is 0.152. The van der Waals surface area contributed by atoms with Crippen LogP contribution in [0.1, 0.15) is 19.8 Å². The summed E-state index contributed by atoms with van der Waals surface area (Å²) in [6.45, 7) is 5.72. The van der Waals surface area contributed by atoms with Crippen LogP contribution in [0.5, 0.6) is 0 Å². The van der Waals surface area contributed by atoms with Gasteiger partial charge in [-0.1, -0.05) is 19.5 Å². The van der Waals surface area contributed by atoms with Crippen molar-refractivity contribution in [2.45, 2.75) is 19.8 Å². The third kappa shape index (κ3) is 22.4. The van der Waals surface area contributed by atoms with Crippen molar-refractivity contribution < 1.29 is 55.2 Å². The van der Waals surface area contributed by atoms with E-state index in [0.717, 1.165) is 6.42 Å². The van der Waals surface area contributed by atoms with Gasteiger partial charge in [0.2, 0.25) is 0 Å². The molecule has 1 rings (SSSR count). The van der Waals surface area contributed by atoms with Crippen molar-refractivity contribution in [3.63, 3.8) is 0 Å². The second-order valence-corrected chi connectivity index (χ2v) is 1.48. The minimum atomic E-state index is 0. The van der Waals surface area contributed by atoms with Crippen molar-refractivity contribution in [2.24, 2.45) is 0 Å². The molecule has 2 nitrogen and oxygen atoms in total. The van der Waals surface area contributed by atoms with Crippen molar-refractivity contribution >= 4 is 0 Å². The van der Waals surface area contributed by atoms with Crippen LogP contribution in [-0.4, -0.2) is 4.98 Å². The molecule has 1 aromatic rings. The van der Waals surface area contributed by atoms with E-state index in [0.29, 0.717) is 0 Å². The van der Waals surface area contributed by atoms with E-state index in [2.05, 4.69) is 29.6 Å². The number of unbranched alkanes of at least 4 members (excludes halogenated alkanes) is 1. The number of rotatable bonds is 1. The van der Waals surface area contributed by atoms with E-state index < -0.39 is 0 Å². The fourth-order valence-electron chi connectivity index (χ4n) is 0.152. The molecule has 5 heteroatoms. The predicted molar refractivity (Wildman–Crippen MR) is 35.6 cm³/mol. The summed E-state index contributed by atoms with van der Waals surface area (Å²) in [5.41, 5.74) is 0. The van der Waals surface area contributed by atoms with E-state index in [1.54, 1.807) is 0 Å². The molecule has 0 aliphatic heterocycles. The summed E-state index contributed by atoms with van der Waals surface area (Å²) in [7, 11) is 0. The molecule has 0 fully saturated rings. The Bertz CT molecular complexity index is 98.9. The Balaban J connectivity index is -0.0000000436. The third-order valence-corrected chi connectivity index (χ3v) is 0.662. The predicted octanol–water partition coefficient (Wildman–Crippen LogP) is -3.90. The Kier molecular flexibility index (Phi) is 43.3. The molecule has 0 aliphatic carbocycles. The summed E-state index contributed by atoms with van der Waals surface area (Å²) in [5, 5.41) is 0. The van der Waals surface area contributed by atoms with Crippen molar-refractivity contribution in [1.29, 1.82) is 0 Å². The van der Waals surface area contributed by atoms with Crippen molar-refractivity contribution in [3.05, 3.63) is 25.8 Å². The second-order valence-electron chi connectivity index (χ2n) is 1.48. The maximum atomic E-state index is 4.35. The summed E-state index contributed by atoms with van der Waals surface area (Å²) >= 11 is 0. The van der Waals surface area contributed by atoms with Gasteiger partial charge in [-0.3, -0.25) is 0 Å². The van der Waals surface area contributed by atoms with Crippen molar-refractivity contribution in [3.8, 4) is 0 Å². The Hall–Kier alpha value is 0.721. The topological polar surface area (TPSA) is 26.0 Å².